The van der Waals surface area contributed by atoms with Crippen molar-refractivity contribution >= 4 is 11.6 Å². The van der Waals surface area contributed by atoms with E-state index in [1.54, 1.807) is 18.3 Å². The number of nitrogens with zero attached hydrogens (tertiary/aromatic N) is 1. The first kappa shape index (κ1) is 12.9. The van der Waals surface area contributed by atoms with Crippen LogP contribution in [0.5, 0.6) is 0 Å². The molecule has 98 valence electrons. The van der Waals surface area contributed by atoms with E-state index >= 15 is 0 Å². The fourth-order valence-electron chi connectivity index (χ4n) is 2.63. The molecule has 1 fully saturated rings. The van der Waals surface area contributed by atoms with Crippen molar-refractivity contribution in [2.75, 3.05) is 5.73 Å². The summed E-state index contributed by atoms with van der Waals surface area (Å²) in [4.78, 5) is 16.1. The minimum atomic E-state index is -0.161. The van der Waals surface area contributed by atoms with Crippen LogP contribution in [0.2, 0.25) is 0 Å². The number of nitrogens with two attached hydrogens (primary N) is 1. The van der Waals surface area contributed by atoms with Gasteiger partial charge >= 0.3 is 0 Å². The predicted molar refractivity (Wildman–Crippen MR) is 72.2 cm³/mol. The molecule has 1 aromatic rings. The van der Waals surface area contributed by atoms with Gasteiger partial charge in [0, 0.05) is 12.2 Å². The second-order valence-electron chi connectivity index (χ2n) is 5.10. The lowest BCUT2D eigenvalue weighted by atomic mass is 9.84. The molecule has 0 saturated heterocycles. The molecule has 4 nitrogen and oxygen atoms in total. The maximum atomic E-state index is 12.1. The molecule has 2 rings (SSSR count). The second kappa shape index (κ2) is 5.85. The van der Waals surface area contributed by atoms with Gasteiger partial charge in [0.1, 0.15) is 0 Å². The highest BCUT2D eigenvalue weighted by Gasteiger charge is 2.22. The third kappa shape index (κ3) is 3.00. The number of amides is 1. The number of nitrogens with one attached hydrogen (secondary N) is 1. The van der Waals surface area contributed by atoms with Crippen molar-refractivity contribution in [3.05, 3.63) is 24.0 Å². The van der Waals surface area contributed by atoms with Gasteiger partial charge in [-0.2, -0.15) is 0 Å². The van der Waals surface area contributed by atoms with Crippen molar-refractivity contribution < 1.29 is 4.79 Å². The molecule has 1 aliphatic rings. The number of nitrogen functional groups attached to an aromatic ring is 1. The monoisotopic (exact) mass is 247 g/mol. The van der Waals surface area contributed by atoms with Crippen molar-refractivity contribution in [1.29, 1.82) is 0 Å². The maximum Gasteiger partial charge on any atom is 0.272 e. The van der Waals surface area contributed by atoms with E-state index in [0.29, 0.717) is 17.3 Å². The average Bonchev–Trinajstić information content (AvgIpc) is 2.40. The number of hydrogen-bond donors (Lipinski definition) is 2. The minimum Gasteiger partial charge on any atom is -0.397 e. The Kier molecular flexibility index (Phi) is 4.18. The molecule has 1 aromatic heterocycles. The maximum absolute atomic E-state index is 12.1. The average molecular weight is 247 g/mol. The topological polar surface area (TPSA) is 68.0 Å². The summed E-state index contributed by atoms with van der Waals surface area (Å²) < 4.78 is 0. The van der Waals surface area contributed by atoms with E-state index < -0.39 is 0 Å². The molecule has 1 amide bonds. The van der Waals surface area contributed by atoms with Crippen molar-refractivity contribution in [3.8, 4) is 0 Å². The van der Waals surface area contributed by atoms with Gasteiger partial charge in [0.05, 0.1) is 5.69 Å². The highest BCUT2D eigenvalue weighted by atomic mass is 16.1. The van der Waals surface area contributed by atoms with Crippen molar-refractivity contribution in [3.63, 3.8) is 0 Å². The molecule has 1 heterocycles. The van der Waals surface area contributed by atoms with Gasteiger partial charge in [0.25, 0.3) is 5.91 Å². The van der Waals surface area contributed by atoms with E-state index in [1.807, 2.05) is 0 Å². The Morgan fingerprint density at radius 2 is 2.17 bits per heavy atom. The fourth-order valence-corrected chi connectivity index (χ4v) is 2.63. The molecule has 1 atom stereocenters. The lowest BCUT2D eigenvalue weighted by molar-refractivity contribution is 0.0915. The van der Waals surface area contributed by atoms with Crippen molar-refractivity contribution in [2.45, 2.75) is 45.1 Å². The van der Waals surface area contributed by atoms with Crippen LogP contribution >= 0.6 is 0 Å². The number of pyridine rings is 1. The molecule has 0 spiro atoms. The van der Waals surface area contributed by atoms with Crippen LogP contribution in [-0.4, -0.2) is 16.9 Å². The van der Waals surface area contributed by atoms with Crippen LogP contribution in [0.1, 0.15) is 49.5 Å². The highest BCUT2D eigenvalue weighted by Crippen LogP contribution is 2.26. The first-order chi connectivity index (χ1) is 8.68. The van der Waals surface area contributed by atoms with E-state index in [4.69, 9.17) is 5.73 Å². The zero-order valence-corrected chi connectivity index (χ0v) is 10.9. The molecule has 0 bridgehead atoms. The summed E-state index contributed by atoms with van der Waals surface area (Å²) >= 11 is 0. The third-order valence-corrected chi connectivity index (χ3v) is 3.77. The van der Waals surface area contributed by atoms with E-state index in [-0.39, 0.29) is 11.9 Å². The van der Waals surface area contributed by atoms with Crippen LogP contribution in [0.15, 0.2) is 18.3 Å². The van der Waals surface area contributed by atoms with E-state index in [2.05, 4.69) is 17.2 Å². The zero-order chi connectivity index (χ0) is 13.0. The van der Waals surface area contributed by atoms with Gasteiger partial charge in [-0.1, -0.05) is 19.3 Å². The number of carbonyl (C=O) groups excluding carboxylic acids is 1. The van der Waals surface area contributed by atoms with E-state index in [1.165, 1.54) is 32.1 Å². The van der Waals surface area contributed by atoms with E-state index in [9.17, 15) is 4.79 Å². The summed E-state index contributed by atoms with van der Waals surface area (Å²) in [6.45, 7) is 2.08. The van der Waals surface area contributed by atoms with Gasteiger partial charge in [0.2, 0.25) is 0 Å². The van der Waals surface area contributed by atoms with Crippen LogP contribution in [0.3, 0.4) is 0 Å². The Labute approximate surface area is 108 Å². The number of carbonyl (C=O) groups is 1. The lowest BCUT2D eigenvalue weighted by Crippen LogP contribution is -2.39. The van der Waals surface area contributed by atoms with Gasteiger partial charge in [-0.3, -0.25) is 4.79 Å². The quantitative estimate of drug-likeness (QED) is 0.861. The predicted octanol–water partition coefficient (Wildman–Crippen LogP) is 2.36. The fraction of sp³-hybridized carbons (Fsp3) is 0.571. The van der Waals surface area contributed by atoms with Gasteiger partial charge in [0.15, 0.2) is 5.69 Å². The Hall–Kier alpha value is -1.58. The Balaban J connectivity index is 1.96. The normalized spacial score (nSPS) is 18.3. The molecule has 18 heavy (non-hydrogen) atoms. The zero-order valence-electron chi connectivity index (χ0n) is 10.9. The van der Waals surface area contributed by atoms with E-state index in [0.717, 1.165) is 0 Å². The lowest BCUT2D eigenvalue weighted by Gasteiger charge is -2.28. The molecule has 1 aliphatic carbocycles. The van der Waals surface area contributed by atoms with Crippen LogP contribution in [0.25, 0.3) is 0 Å². The molecule has 0 radical (unpaired) electrons. The summed E-state index contributed by atoms with van der Waals surface area (Å²) in [7, 11) is 0. The number of aromatic nitrogens is 1. The summed E-state index contributed by atoms with van der Waals surface area (Å²) in [5.41, 5.74) is 6.52. The summed E-state index contributed by atoms with van der Waals surface area (Å²) in [6.07, 6.45) is 7.88. The smallest absolute Gasteiger partial charge is 0.272 e. The molecule has 0 aromatic carbocycles. The van der Waals surface area contributed by atoms with Gasteiger partial charge < -0.3 is 11.1 Å². The van der Waals surface area contributed by atoms with Crippen molar-refractivity contribution in [2.24, 2.45) is 5.92 Å². The first-order valence-electron chi connectivity index (χ1n) is 6.70. The van der Waals surface area contributed by atoms with Gasteiger partial charge in [-0.05, 0) is 37.8 Å². The summed E-state index contributed by atoms with van der Waals surface area (Å²) in [5.74, 6) is 0.429. The van der Waals surface area contributed by atoms with Gasteiger partial charge in [-0.15, -0.1) is 0 Å². The largest absolute Gasteiger partial charge is 0.397 e. The molecule has 3 N–H and O–H groups in total. The third-order valence-electron chi connectivity index (χ3n) is 3.77. The molecule has 4 heteroatoms. The van der Waals surface area contributed by atoms with Crippen LogP contribution in [0, 0.1) is 5.92 Å². The standard InChI is InChI=1S/C14H21N3O/c1-10(11-6-3-2-4-7-11)17-14(18)13-12(15)8-5-9-16-13/h5,8-11H,2-4,6-7,15H2,1H3,(H,17,18)/t10-/m0/s1. The molecular formula is C14H21N3O. The second-order valence-corrected chi connectivity index (χ2v) is 5.10. The first-order valence-corrected chi connectivity index (χ1v) is 6.70. The minimum absolute atomic E-state index is 0.161. The molecule has 0 aliphatic heterocycles. The summed E-state index contributed by atoms with van der Waals surface area (Å²) in [5, 5.41) is 3.03. The molecular weight excluding hydrogens is 226 g/mol. The van der Waals surface area contributed by atoms with Crippen molar-refractivity contribution in [1.82, 2.24) is 10.3 Å². The van der Waals surface area contributed by atoms with Crippen LogP contribution in [0.4, 0.5) is 5.69 Å². The Bertz CT molecular complexity index is 413. The number of rotatable bonds is 3. The van der Waals surface area contributed by atoms with Gasteiger partial charge in [-0.25, -0.2) is 4.98 Å². The summed E-state index contributed by atoms with van der Waals surface area (Å²) in [6, 6.07) is 3.63. The highest BCUT2D eigenvalue weighted by molar-refractivity contribution is 5.97. The Morgan fingerprint density at radius 1 is 1.44 bits per heavy atom. The Morgan fingerprint density at radius 3 is 2.83 bits per heavy atom. The van der Waals surface area contributed by atoms with Crippen LogP contribution in [-0.2, 0) is 0 Å². The number of anilines is 1. The van der Waals surface area contributed by atoms with Crippen LogP contribution < -0.4 is 11.1 Å². The molecule has 0 unspecified atom stereocenters. The molecule has 1 saturated carbocycles. The number of hydrogen-bond acceptors (Lipinski definition) is 3. The SMILES string of the molecule is C[C@H](NC(=O)c1ncccc1N)C1CCCCC1.